The molecule has 2 fully saturated rings. The normalized spacial score (nSPS) is 19.0. The van der Waals surface area contributed by atoms with Crippen molar-refractivity contribution in [3.63, 3.8) is 0 Å². The Morgan fingerprint density at radius 3 is 2.08 bits per heavy atom. The van der Waals surface area contributed by atoms with E-state index in [1.165, 1.54) is 0 Å². The number of carbonyl (C=O) groups is 1. The molecule has 1 aromatic carbocycles. The minimum Gasteiger partial charge on any atom is -0.378 e. The minimum atomic E-state index is -3.26. The fourth-order valence-corrected chi connectivity index (χ4v) is 3.63. The van der Waals surface area contributed by atoms with Crippen LogP contribution in [0.5, 0.6) is 0 Å². The number of amides is 2. The van der Waals surface area contributed by atoms with Gasteiger partial charge in [0.15, 0.2) is 0 Å². The largest absolute Gasteiger partial charge is 0.378 e. The molecule has 9 heteroatoms. The lowest BCUT2D eigenvalue weighted by Crippen LogP contribution is -2.54. The van der Waals surface area contributed by atoms with Gasteiger partial charge in [-0.05, 0) is 24.3 Å². The first-order chi connectivity index (χ1) is 11.9. The Morgan fingerprint density at radius 2 is 1.52 bits per heavy atom. The molecule has 138 valence electrons. The number of ether oxygens (including phenoxy) is 1. The SMILES string of the molecule is CS(=O)(=O)Nc1ccc(N2CCN(C(=O)N3CCOCC3)CC2)cc1. The first-order valence-electron chi connectivity index (χ1n) is 8.37. The van der Waals surface area contributed by atoms with Crippen LogP contribution in [0.2, 0.25) is 0 Å². The van der Waals surface area contributed by atoms with E-state index in [2.05, 4.69) is 9.62 Å². The van der Waals surface area contributed by atoms with E-state index in [-0.39, 0.29) is 6.03 Å². The maximum atomic E-state index is 12.5. The van der Waals surface area contributed by atoms with Gasteiger partial charge in [0, 0.05) is 50.6 Å². The van der Waals surface area contributed by atoms with Crippen molar-refractivity contribution in [1.82, 2.24) is 9.80 Å². The molecule has 8 nitrogen and oxygen atoms in total. The van der Waals surface area contributed by atoms with Crippen LogP contribution in [0.25, 0.3) is 0 Å². The van der Waals surface area contributed by atoms with Gasteiger partial charge in [-0.1, -0.05) is 0 Å². The maximum absolute atomic E-state index is 12.5. The number of hydrogen-bond acceptors (Lipinski definition) is 5. The molecule has 2 aliphatic rings. The number of morpholine rings is 1. The number of nitrogens with zero attached hydrogens (tertiary/aromatic N) is 3. The highest BCUT2D eigenvalue weighted by atomic mass is 32.2. The van der Waals surface area contributed by atoms with Crippen LogP contribution >= 0.6 is 0 Å². The van der Waals surface area contributed by atoms with Crippen LogP contribution < -0.4 is 9.62 Å². The molecule has 2 heterocycles. The summed E-state index contributed by atoms with van der Waals surface area (Å²) in [5.74, 6) is 0. The van der Waals surface area contributed by atoms with Gasteiger partial charge in [0.05, 0.1) is 19.5 Å². The predicted octanol–water partition coefficient (Wildman–Crippen LogP) is 0.632. The molecule has 2 aliphatic heterocycles. The van der Waals surface area contributed by atoms with Crippen molar-refractivity contribution in [2.45, 2.75) is 0 Å². The van der Waals surface area contributed by atoms with Crippen LogP contribution in [0.1, 0.15) is 0 Å². The smallest absolute Gasteiger partial charge is 0.320 e. The molecular weight excluding hydrogens is 344 g/mol. The average molecular weight is 368 g/mol. The number of anilines is 2. The maximum Gasteiger partial charge on any atom is 0.320 e. The molecule has 0 atom stereocenters. The van der Waals surface area contributed by atoms with E-state index in [4.69, 9.17) is 4.74 Å². The lowest BCUT2D eigenvalue weighted by atomic mass is 10.2. The van der Waals surface area contributed by atoms with E-state index in [0.29, 0.717) is 45.1 Å². The highest BCUT2D eigenvalue weighted by Gasteiger charge is 2.26. The van der Waals surface area contributed by atoms with E-state index in [1.54, 1.807) is 12.1 Å². The number of rotatable bonds is 3. The number of urea groups is 1. The van der Waals surface area contributed by atoms with Crippen LogP contribution in [0, 0.1) is 0 Å². The highest BCUT2D eigenvalue weighted by Crippen LogP contribution is 2.20. The molecule has 25 heavy (non-hydrogen) atoms. The minimum absolute atomic E-state index is 0.0932. The Bertz CT molecular complexity index is 693. The number of piperazine rings is 1. The van der Waals surface area contributed by atoms with Crippen molar-refractivity contribution >= 4 is 27.4 Å². The second-order valence-corrected chi connectivity index (χ2v) is 8.03. The topological polar surface area (TPSA) is 82.2 Å². The number of carbonyl (C=O) groups excluding carboxylic acids is 1. The Kier molecular flexibility index (Phi) is 5.33. The number of hydrogen-bond donors (Lipinski definition) is 1. The molecule has 2 amide bonds. The first kappa shape index (κ1) is 17.8. The summed E-state index contributed by atoms with van der Waals surface area (Å²) >= 11 is 0. The summed E-state index contributed by atoms with van der Waals surface area (Å²) in [5, 5.41) is 0. The van der Waals surface area contributed by atoms with E-state index in [0.717, 1.165) is 25.0 Å². The number of sulfonamides is 1. The number of benzene rings is 1. The van der Waals surface area contributed by atoms with Gasteiger partial charge in [0.2, 0.25) is 10.0 Å². The van der Waals surface area contributed by atoms with E-state index >= 15 is 0 Å². The van der Waals surface area contributed by atoms with E-state index in [9.17, 15) is 13.2 Å². The molecule has 1 aromatic rings. The molecular formula is C16H24N4O4S. The Labute approximate surface area is 148 Å². The van der Waals surface area contributed by atoms with Gasteiger partial charge in [-0.15, -0.1) is 0 Å². The van der Waals surface area contributed by atoms with Gasteiger partial charge in [-0.25, -0.2) is 13.2 Å². The Balaban J connectivity index is 1.54. The third-order valence-corrected chi connectivity index (χ3v) is 4.97. The first-order valence-corrected chi connectivity index (χ1v) is 10.3. The van der Waals surface area contributed by atoms with Gasteiger partial charge in [-0.3, -0.25) is 4.72 Å². The third kappa shape index (κ3) is 4.76. The van der Waals surface area contributed by atoms with Crippen molar-refractivity contribution in [3.05, 3.63) is 24.3 Å². The summed E-state index contributed by atoms with van der Waals surface area (Å²) in [6.07, 6.45) is 1.13. The van der Waals surface area contributed by atoms with Crippen molar-refractivity contribution in [2.24, 2.45) is 0 Å². The van der Waals surface area contributed by atoms with Gasteiger partial charge >= 0.3 is 6.03 Å². The molecule has 0 bridgehead atoms. The zero-order valence-corrected chi connectivity index (χ0v) is 15.2. The van der Waals surface area contributed by atoms with Gasteiger partial charge in [0.25, 0.3) is 0 Å². The van der Waals surface area contributed by atoms with Crippen LogP contribution in [-0.4, -0.2) is 83.0 Å². The summed E-state index contributed by atoms with van der Waals surface area (Å²) in [6, 6.07) is 7.39. The van der Waals surface area contributed by atoms with Crippen molar-refractivity contribution in [2.75, 3.05) is 68.4 Å². The third-order valence-electron chi connectivity index (χ3n) is 4.37. The highest BCUT2D eigenvalue weighted by molar-refractivity contribution is 7.92. The standard InChI is InChI=1S/C16H24N4O4S/c1-25(22,23)17-14-2-4-15(5-3-14)18-6-8-19(9-7-18)16(21)20-10-12-24-13-11-20/h2-5,17H,6-13H2,1H3. The molecule has 0 radical (unpaired) electrons. The van der Waals surface area contributed by atoms with Crippen LogP contribution in [-0.2, 0) is 14.8 Å². The molecule has 3 rings (SSSR count). The second-order valence-electron chi connectivity index (χ2n) is 6.28. The van der Waals surface area contributed by atoms with Crippen molar-refractivity contribution < 1.29 is 17.9 Å². The lowest BCUT2D eigenvalue weighted by molar-refractivity contribution is 0.0428. The Morgan fingerprint density at radius 1 is 0.960 bits per heavy atom. The number of nitrogens with one attached hydrogen (secondary N) is 1. The van der Waals surface area contributed by atoms with Gasteiger partial charge in [-0.2, -0.15) is 0 Å². The fourth-order valence-electron chi connectivity index (χ4n) is 3.06. The Hall–Kier alpha value is -2.00. The van der Waals surface area contributed by atoms with Crippen molar-refractivity contribution in [1.29, 1.82) is 0 Å². The molecule has 0 spiro atoms. The summed E-state index contributed by atoms with van der Waals surface area (Å²) in [5.41, 5.74) is 1.57. The zero-order chi connectivity index (χ0) is 17.9. The molecule has 0 unspecified atom stereocenters. The van der Waals surface area contributed by atoms with E-state index < -0.39 is 10.0 Å². The summed E-state index contributed by atoms with van der Waals surface area (Å²) in [7, 11) is -3.26. The molecule has 2 saturated heterocycles. The summed E-state index contributed by atoms with van der Waals surface area (Å²) in [4.78, 5) is 18.4. The lowest BCUT2D eigenvalue weighted by Gasteiger charge is -2.39. The van der Waals surface area contributed by atoms with Crippen LogP contribution in [0.3, 0.4) is 0 Å². The van der Waals surface area contributed by atoms with Gasteiger partial charge < -0.3 is 19.4 Å². The van der Waals surface area contributed by atoms with Gasteiger partial charge in [0.1, 0.15) is 0 Å². The molecule has 0 aliphatic carbocycles. The van der Waals surface area contributed by atoms with E-state index in [1.807, 2.05) is 21.9 Å². The summed E-state index contributed by atoms with van der Waals surface area (Å²) < 4.78 is 30.2. The summed E-state index contributed by atoms with van der Waals surface area (Å²) in [6.45, 7) is 5.42. The fraction of sp³-hybridized carbons (Fsp3) is 0.562. The molecule has 1 N–H and O–H groups in total. The predicted molar refractivity (Wildman–Crippen MR) is 96.5 cm³/mol. The second kappa shape index (κ2) is 7.49. The zero-order valence-electron chi connectivity index (χ0n) is 14.3. The van der Waals surface area contributed by atoms with Crippen molar-refractivity contribution in [3.8, 4) is 0 Å². The van der Waals surface area contributed by atoms with Crippen LogP contribution in [0.15, 0.2) is 24.3 Å². The van der Waals surface area contributed by atoms with Crippen LogP contribution in [0.4, 0.5) is 16.2 Å². The molecule has 0 aromatic heterocycles. The molecule has 0 saturated carbocycles. The average Bonchev–Trinajstić information content (AvgIpc) is 2.61. The monoisotopic (exact) mass is 368 g/mol. The quantitative estimate of drug-likeness (QED) is 0.846.